The largest absolute Gasteiger partial charge is 0.497 e. The third-order valence-electron chi connectivity index (χ3n) is 6.17. The lowest BCUT2D eigenvalue weighted by atomic mass is 9.94. The SMILES string of the molecule is COc1ccc(CNC(=O)[C@@H]2CN(Cc3cccc4ncccc34)Cc3cn(C)nc32)cc1. The molecule has 2 aromatic heterocycles. The maximum absolute atomic E-state index is 13.3. The Kier molecular flexibility index (Phi) is 5.79. The highest BCUT2D eigenvalue weighted by molar-refractivity contribution is 5.84. The van der Waals surface area contributed by atoms with Gasteiger partial charge in [0.25, 0.3) is 0 Å². The molecule has 4 aromatic rings. The maximum atomic E-state index is 13.3. The summed E-state index contributed by atoms with van der Waals surface area (Å²) in [6, 6.07) is 18.0. The summed E-state index contributed by atoms with van der Waals surface area (Å²) in [7, 11) is 3.55. The number of aromatic nitrogens is 3. The molecule has 1 aliphatic heterocycles. The van der Waals surface area contributed by atoms with Crippen LogP contribution in [0.1, 0.15) is 28.3 Å². The van der Waals surface area contributed by atoms with Gasteiger partial charge >= 0.3 is 0 Å². The molecule has 1 aliphatic rings. The maximum Gasteiger partial charge on any atom is 0.230 e. The zero-order valence-electron chi connectivity index (χ0n) is 18.9. The van der Waals surface area contributed by atoms with Crippen molar-refractivity contribution in [2.75, 3.05) is 13.7 Å². The molecule has 1 amide bonds. The Morgan fingerprint density at radius 2 is 2.00 bits per heavy atom. The third-order valence-corrected chi connectivity index (χ3v) is 6.17. The van der Waals surface area contributed by atoms with Crippen LogP contribution in [0.2, 0.25) is 0 Å². The zero-order valence-corrected chi connectivity index (χ0v) is 18.9. The summed E-state index contributed by atoms with van der Waals surface area (Å²) in [6.07, 6.45) is 3.84. The van der Waals surface area contributed by atoms with E-state index in [-0.39, 0.29) is 11.8 Å². The number of nitrogens with zero attached hydrogens (tertiary/aromatic N) is 4. The molecule has 0 fully saturated rings. The quantitative estimate of drug-likeness (QED) is 0.497. The Hall–Kier alpha value is -3.71. The fourth-order valence-electron chi connectivity index (χ4n) is 4.55. The predicted molar refractivity (Wildman–Crippen MR) is 127 cm³/mol. The van der Waals surface area contributed by atoms with E-state index < -0.39 is 0 Å². The highest BCUT2D eigenvalue weighted by atomic mass is 16.5. The highest BCUT2D eigenvalue weighted by Crippen LogP contribution is 2.29. The fraction of sp³-hybridized carbons (Fsp3) is 0.269. The molecule has 2 aromatic carbocycles. The van der Waals surface area contributed by atoms with Gasteiger partial charge in [-0.05, 0) is 35.4 Å². The van der Waals surface area contributed by atoms with E-state index in [0.29, 0.717) is 13.1 Å². The number of pyridine rings is 1. The first-order valence-corrected chi connectivity index (χ1v) is 11.1. The molecule has 168 valence electrons. The van der Waals surface area contributed by atoms with Crippen LogP contribution in [-0.2, 0) is 31.5 Å². The van der Waals surface area contributed by atoms with Gasteiger partial charge in [-0.15, -0.1) is 0 Å². The van der Waals surface area contributed by atoms with Crippen molar-refractivity contribution in [1.82, 2.24) is 25.0 Å². The Morgan fingerprint density at radius 1 is 1.15 bits per heavy atom. The molecule has 0 bridgehead atoms. The molecule has 0 radical (unpaired) electrons. The first-order valence-electron chi connectivity index (χ1n) is 11.1. The van der Waals surface area contributed by atoms with Gasteiger partial charge in [0.1, 0.15) is 5.75 Å². The van der Waals surface area contributed by atoms with E-state index in [1.165, 1.54) is 5.56 Å². The molecule has 7 nitrogen and oxygen atoms in total. The predicted octanol–water partition coefficient (Wildman–Crippen LogP) is 3.39. The summed E-state index contributed by atoms with van der Waals surface area (Å²) in [5, 5.41) is 8.88. The Labute approximate surface area is 193 Å². The minimum absolute atomic E-state index is 0.00458. The number of benzene rings is 2. The number of methoxy groups -OCH3 is 1. The lowest BCUT2D eigenvalue weighted by molar-refractivity contribution is -0.123. The van der Waals surface area contributed by atoms with Gasteiger partial charge in [0, 0.05) is 56.6 Å². The second kappa shape index (κ2) is 9.03. The normalized spacial score (nSPS) is 15.9. The lowest BCUT2D eigenvalue weighted by Crippen LogP contribution is -2.40. The van der Waals surface area contributed by atoms with E-state index in [2.05, 4.69) is 32.4 Å². The molecule has 0 saturated heterocycles. The summed E-state index contributed by atoms with van der Waals surface area (Å²) >= 11 is 0. The molecule has 0 spiro atoms. The number of hydrogen-bond acceptors (Lipinski definition) is 5. The van der Waals surface area contributed by atoms with Crippen molar-refractivity contribution in [2.45, 2.75) is 25.6 Å². The Morgan fingerprint density at radius 3 is 2.82 bits per heavy atom. The van der Waals surface area contributed by atoms with E-state index in [9.17, 15) is 4.79 Å². The molecule has 1 atom stereocenters. The van der Waals surface area contributed by atoms with E-state index in [1.807, 2.05) is 61.9 Å². The van der Waals surface area contributed by atoms with E-state index in [4.69, 9.17) is 4.74 Å². The van der Waals surface area contributed by atoms with Crippen molar-refractivity contribution in [1.29, 1.82) is 0 Å². The smallest absolute Gasteiger partial charge is 0.230 e. The third kappa shape index (κ3) is 4.45. The zero-order chi connectivity index (χ0) is 22.8. The van der Waals surface area contributed by atoms with Gasteiger partial charge in [0.05, 0.1) is 24.2 Å². The topological polar surface area (TPSA) is 72.3 Å². The number of carbonyl (C=O) groups is 1. The molecular formula is C26H27N5O2. The van der Waals surface area contributed by atoms with Crippen LogP contribution in [0.4, 0.5) is 0 Å². The van der Waals surface area contributed by atoms with Crippen LogP contribution in [0.5, 0.6) is 5.75 Å². The van der Waals surface area contributed by atoms with Gasteiger partial charge in [0.2, 0.25) is 5.91 Å². The summed E-state index contributed by atoms with van der Waals surface area (Å²) in [6.45, 7) is 2.60. The van der Waals surface area contributed by atoms with Crippen molar-refractivity contribution >= 4 is 16.8 Å². The first-order chi connectivity index (χ1) is 16.1. The lowest BCUT2D eigenvalue weighted by Gasteiger charge is -2.31. The number of rotatable bonds is 6. The van der Waals surface area contributed by atoms with Crippen LogP contribution in [0, 0.1) is 0 Å². The minimum atomic E-state index is -0.318. The molecular weight excluding hydrogens is 414 g/mol. The van der Waals surface area contributed by atoms with E-state index >= 15 is 0 Å². The Bertz CT molecular complexity index is 1280. The minimum Gasteiger partial charge on any atom is -0.497 e. The highest BCUT2D eigenvalue weighted by Gasteiger charge is 2.33. The number of aryl methyl sites for hydroxylation is 1. The van der Waals surface area contributed by atoms with Gasteiger partial charge in [-0.25, -0.2) is 0 Å². The molecule has 0 unspecified atom stereocenters. The van der Waals surface area contributed by atoms with Crippen LogP contribution in [0.25, 0.3) is 10.9 Å². The Balaban J connectivity index is 1.34. The van der Waals surface area contributed by atoms with Crippen LogP contribution >= 0.6 is 0 Å². The van der Waals surface area contributed by atoms with Crippen molar-refractivity contribution in [3.63, 3.8) is 0 Å². The number of fused-ring (bicyclic) bond motifs is 2. The van der Waals surface area contributed by atoms with Gasteiger partial charge in [-0.2, -0.15) is 5.10 Å². The molecule has 0 aliphatic carbocycles. The second-order valence-corrected chi connectivity index (χ2v) is 8.49. The van der Waals surface area contributed by atoms with Gasteiger partial charge in [0.15, 0.2) is 0 Å². The molecule has 7 heteroatoms. The number of hydrogen-bond donors (Lipinski definition) is 1. The standard InChI is InChI=1S/C26H27N5O2/c1-30-14-20-16-31(15-19-5-3-7-24-22(19)6-4-12-27-24)17-23(25(20)29-30)26(32)28-13-18-8-10-21(33-2)11-9-18/h3-12,14,23H,13,15-17H2,1-2H3,(H,28,32)/t23-/m1/s1. The summed E-state index contributed by atoms with van der Waals surface area (Å²) in [5.41, 5.74) is 5.21. The van der Waals surface area contributed by atoms with Gasteiger partial charge < -0.3 is 10.1 Å². The summed E-state index contributed by atoms with van der Waals surface area (Å²) < 4.78 is 7.02. The molecule has 1 N–H and O–H groups in total. The average molecular weight is 442 g/mol. The van der Waals surface area contributed by atoms with Crippen molar-refractivity contribution in [3.8, 4) is 5.75 Å². The summed E-state index contributed by atoms with van der Waals surface area (Å²) in [5.74, 6) is 0.478. The monoisotopic (exact) mass is 441 g/mol. The van der Waals surface area contributed by atoms with E-state index in [0.717, 1.165) is 46.6 Å². The number of ether oxygens (including phenoxy) is 1. The van der Waals surface area contributed by atoms with Crippen LogP contribution in [0.15, 0.2) is 67.0 Å². The summed E-state index contributed by atoms with van der Waals surface area (Å²) in [4.78, 5) is 20.1. The molecule has 5 rings (SSSR count). The van der Waals surface area contributed by atoms with Gasteiger partial charge in [-0.3, -0.25) is 19.4 Å². The molecule has 33 heavy (non-hydrogen) atoms. The van der Waals surface area contributed by atoms with Crippen LogP contribution < -0.4 is 10.1 Å². The van der Waals surface area contributed by atoms with Crippen molar-refractivity contribution in [2.24, 2.45) is 7.05 Å². The van der Waals surface area contributed by atoms with E-state index in [1.54, 1.807) is 11.8 Å². The second-order valence-electron chi connectivity index (χ2n) is 8.49. The van der Waals surface area contributed by atoms with Crippen LogP contribution in [0.3, 0.4) is 0 Å². The van der Waals surface area contributed by atoms with Crippen molar-refractivity contribution < 1.29 is 9.53 Å². The van der Waals surface area contributed by atoms with Crippen molar-refractivity contribution in [3.05, 3.63) is 89.4 Å². The average Bonchev–Trinajstić information content (AvgIpc) is 3.22. The first kappa shape index (κ1) is 21.2. The number of amides is 1. The fourth-order valence-corrected chi connectivity index (χ4v) is 4.55. The molecule has 3 heterocycles. The number of nitrogens with one attached hydrogen (secondary N) is 1. The van der Waals surface area contributed by atoms with Gasteiger partial charge in [-0.1, -0.05) is 30.3 Å². The number of carbonyl (C=O) groups excluding carboxylic acids is 1. The van der Waals surface area contributed by atoms with Crippen LogP contribution in [-0.4, -0.2) is 39.2 Å². The molecule has 0 saturated carbocycles.